The van der Waals surface area contributed by atoms with Crippen molar-refractivity contribution in [3.05, 3.63) is 96.1 Å². The minimum Gasteiger partial charge on any atom is -0.299 e. The van der Waals surface area contributed by atoms with Crippen LogP contribution in [0.4, 0.5) is 0 Å². The second-order valence-electron chi connectivity index (χ2n) is 8.01. The van der Waals surface area contributed by atoms with Gasteiger partial charge in [-0.2, -0.15) is 0 Å². The maximum absolute atomic E-state index is 12.6. The van der Waals surface area contributed by atoms with E-state index < -0.39 is 0 Å². The minimum atomic E-state index is -0.00847. The lowest BCUT2D eigenvalue weighted by Crippen LogP contribution is -2.14. The Bertz CT molecular complexity index is 1130. The summed E-state index contributed by atoms with van der Waals surface area (Å²) < 4.78 is 0. The number of hydrogen-bond acceptors (Lipinski definition) is 2. The molecule has 0 bridgehead atoms. The lowest BCUT2D eigenvalue weighted by molar-refractivity contribution is -0.126. The molecule has 0 saturated heterocycles. The summed E-state index contributed by atoms with van der Waals surface area (Å²) in [5.41, 5.74) is 2.34. The summed E-state index contributed by atoms with van der Waals surface area (Å²) in [5.74, 6) is 0.0862. The van der Waals surface area contributed by atoms with Crippen LogP contribution < -0.4 is 0 Å². The first-order chi connectivity index (χ1) is 14.2. The van der Waals surface area contributed by atoms with Crippen LogP contribution in [0.15, 0.2) is 84.9 Å². The standard InChI is InChI=1S/C27H22O2/c28-20-15-21(29)17-27(25-14-6-10-19-8-2-4-12-23(19)25)26(16-20)24-13-5-9-18-7-1-3-11-22(18)24/h1-14,26-27H,15-17H2/t26-,27+. The van der Waals surface area contributed by atoms with Gasteiger partial charge in [0.1, 0.15) is 11.6 Å². The van der Waals surface area contributed by atoms with Gasteiger partial charge in [0.25, 0.3) is 0 Å². The molecule has 0 heterocycles. The lowest BCUT2D eigenvalue weighted by Gasteiger charge is -2.27. The van der Waals surface area contributed by atoms with Crippen LogP contribution in [0.3, 0.4) is 0 Å². The normalized spacial score (nSPS) is 20.1. The molecular formula is C27H22O2. The third-order valence-electron chi connectivity index (χ3n) is 6.22. The van der Waals surface area contributed by atoms with Crippen molar-refractivity contribution >= 4 is 33.1 Å². The van der Waals surface area contributed by atoms with E-state index in [1.54, 1.807) is 0 Å². The quantitative estimate of drug-likeness (QED) is 0.308. The van der Waals surface area contributed by atoms with Crippen LogP contribution in [0.5, 0.6) is 0 Å². The highest BCUT2D eigenvalue weighted by atomic mass is 16.1. The SMILES string of the molecule is O=C1CC(=O)C[C@@H](c2cccc3ccccc23)[C@@H](c2cccc3ccccc23)C1. The van der Waals surface area contributed by atoms with Crippen LogP contribution in [-0.2, 0) is 9.59 Å². The Morgan fingerprint density at radius 2 is 0.931 bits per heavy atom. The van der Waals surface area contributed by atoms with Crippen LogP contribution in [0, 0.1) is 0 Å². The van der Waals surface area contributed by atoms with E-state index in [0.717, 1.165) is 0 Å². The van der Waals surface area contributed by atoms with Crippen LogP contribution in [-0.4, -0.2) is 11.6 Å². The summed E-state index contributed by atoms with van der Waals surface area (Å²) in [6.45, 7) is 0. The van der Waals surface area contributed by atoms with Gasteiger partial charge in [-0.25, -0.2) is 0 Å². The van der Waals surface area contributed by atoms with Crippen LogP contribution >= 0.6 is 0 Å². The first-order valence-corrected chi connectivity index (χ1v) is 10.2. The fourth-order valence-corrected chi connectivity index (χ4v) is 4.94. The summed E-state index contributed by atoms with van der Waals surface area (Å²) in [5, 5.41) is 4.69. The van der Waals surface area contributed by atoms with Gasteiger partial charge in [-0.3, -0.25) is 9.59 Å². The van der Waals surface area contributed by atoms with Gasteiger partial charge in [0.15, 0.2) is 0 Å². The zero-order chi connectivity index (χ0) is 19.8. The number of carbonyl (C=O) groups is 2. The van der Waals surface area contributed by atoms with Gasteiger partial charge in [0, 0.05) is 12.8 Å². The van der Waals surface area contributed by atoms with Gasteiger partial charge >= 0.3 is 0 Å². The van der Waals surface area contributed by atoms with E-state index in [1.807, 2.05) is 24.3 Å². The molecule has 5 rings (SSSR count). The largest absolute Gasteiger partial charge is 0.299 e. The second kappa shape index (κ2) is 7.29. The van der Waals surface area contributed by atoms with E-state index in [4.69, 9.17) is 0 Å². The summed E-state index contributed by atoms with van der Waals surface area (Å²) in [4.78, 5) is 25.3. The van der Waals surface area contributed by atoms with Gasteiger partial charge in [0.05, 0.1) is 6.42 Å². The van der Waals surface area contributed by atoms with E-state index >= 15 is 0 Å². The van der Waals surface area contributed by atoms with E-state index in [-0.39, 0.29) is 29.8 Å². The van der Waals surface area contributed by atoms with Crippen molar-refractivity contribution in [3.63, 3.8) is 0 Å². The molecule has 0 amide bonds. The van der Waals surface area contributed by atoms with Crippen LogP contribution in [0.2, 0.25) is 0 Å². The van der Waals surface area contributed by atoms with Crippen molar-refractivity contribution in [2.45, 2.75) is 31.1 Å². The number of hydrogen-bond donors (Lipinski definition) is 0. The monoisotopic (exact) mass is 378 g/mol. The Morgan fingerprint density at radius 3 is 1.41 bits per heavy atom. The average molecular weight is 378 g/mol. The molecule has 142 valence electrons. The van der Waals surface area contributed by atoms with Gasteiger partial charge in [-0.15, -0.1) is 0 Å². The van der Waals surface area contributed by atoms with Crippen molar-refractivity contribution in [2.24, 2.45) is 0 Å². The first-order valence-electron chi connectivity index (χ1n) is 10.2. The molecule has 0 aromatic heterocycles. The molecule has 0 N–H and O–H groups in total. The van der Waals surface area contributed by atoms with Crippen molar-refractivity contribution in [1.82, 2.24) is 0 Å². The maximum Gasteiger partial charge on any atom is 0.140 e. The van der Waals surface area contributed by atoms with E-state index in [2.05, 4.69) is 60.7 Å². The minimum absolute atomic E-state index is 0.00847. The molecule has 1 aliphatic carbocycles. The molecule has 0 unspecified atom stereocenters. The van der Waals surface area contributed by atoms with Crippen molar-refractivity contribution in [2.75, 3.05) is 0 Å². The third-order valence-corrected chi connectivity index (χ3v) is 6.22. The topological polar surface area (TPSA) is 34.1 Å². The van der Waals surface area contributed by atoms with Gasteiger partial charge < -0.3 is 0 Å². The molecule has 2 heteroatoms. The summed E-state index contributed by atoms with van der Waals surface area (Å²) in [6, 6.07) is 29.2. The Hall–Kier alpha value is -3.26. The second-order valence-corrected chi connectivity index (χ2v) is 8.01. The first kappa shape index (κ1) is 17.8. The van der Waals surface area contributed by atoms with E-state index in [9.17, 15) is 9.59 Å². The molecule has 0 aliphatic heterocycles. The molecule has 2 nitrogen and oxygen atoms in total. The van der Waals surface area contributed by atoms with Crippen molar-refractivity contribution in [1.29, 1.82) is 0 Å². The molecular weight excluding hydrogens is 356 g/mol. The molecule has 2 atom stereocenters. The predicted octanol–water partition coefficient (Wildman–Crippen LogP) is 6.18. The molecule has 1 saturated carbocycles. The number of ketones is 2. The number of benzene rings is 4. The Balaban J connectivity index is 1.74. The average Bonchev–Trinajstić information content (AvgIpc) is 2.90. The molecule has 4 aromatic carbocycles. The third kappa shape index (κ3) is 3.25. The van der Waals surface area contributed by atoms with Crippen molar-refractivity contribution < 1.29 is 9.59 Å². The van der Waals surface area contributed by atoms with Gasteiger partial charge in [0.2, 0.25) is 0 Å². The molecule has 4 aromatic rings. The van der Waals surface area contributed by atoms with Gasteiger partial charge in [-0.05, 0) is 44.5 Å². The smallest absolute Gasteiger partial charge is 0.140 e. The lowest BCUT2D eigenvalue weighted by atomic mass is 9.75. The fraction of sp³-hybridized carbons (Fsp3) is 0.185. The zero-order valence-electron chi connectivity index (χ0n) is 16.2. The number of carbonyl (C=O) groups excluding carboxylic acids is 2. The molecule has 1 fully saturated rings. The predicted molar refractivity (Wildman–Crippen MR) is 117 cm³/mol. The molecule has 0 radical (unpaired) electrons. The van der Waals surface area contributed by atoms with Gasteiger partial charge in [-0.1, -0.05) is 84.9 Å². The Kier molecular flexibility index (Phi) is 4.48. The number of Topliss-reactive ketones (excluding diaryl/α,β-unsaturated/α-hetero) is 2. The molecule has 1 aliphatic rings. The molecule has 0 spiro atoms. The highest BCUT2D eigenvalue weighted by Gasteiger charge is 2.34. The highest BCUT2D eigenvalue weighted by molar-refractivity contribution is 6.01. The molecule has 29 heavy (non-hydrogen) atoms. The van der Waals surface area contributed by atoms with Crippen molar-refractivity contribution in [3.8, 4) is 0 Å². The Labute approximate surface area is 170 Å². The summed E-state index contributed by atoms with van der Waals surface area (Å²) in [6.07, 6.45) is 0.879. The van der Waals surface area contributed by atoms with Crippen LogP contribution in [0.1, 0.15) is 42.2 Å². The zero-order valence-corrected chi connectivity index (χ0v) is 16.2. The number of rotatable bonds is 2. The highest BCUT2D eigenvalue weighted by Crippen LogP contribution is 2.45. The van der Waals surface area contributed by atoms with Crippen LogP contribution in [0.25, 0.3) is 21.5 Å². The summed E-state index contributed by atoms with van der Waals surface area (Å²) in [7, 11) is 0. The number of fused-ring (bicyclic) bond motifs is 2. The maximum atomic E-state index is 12.6. The van der Waals surface area contributed by atoms with E-state index in [1.165, 1.54) is 32.7 Å². The Morgan fingerprint density at radius 1 is 0.517 bits per heavy atom. The summed E-state index contributed by atoms with van der Waals surface area (Å²) >= 11 is 0. The van der Waals surface area contributed by atoms with E-state index in [0.29, 0.717) is 12.8 Å². The fourth-order valence-electron chi connectivity index (χ4n) is 4.94.